The summed E-state index contributed by atoms with van der Waals surface area (Å²) in [6.07, 6.45) is -9.72. The highest BCUT2D eigenvalue weighted by molar-refractivity contribution is 4.88. The van der Waals surface area contributed by atoms with E-state index in [0.29, 0.717) is 26.1 Å². The van der Waals surface area contributed by atoms with Crippen LogP contribution in [0.4, 0.5) is 26.3 Å². The summed E-state index contributed by atoms with van der Waals surface area (Å²) in [7, 11) is 0. The van der Waals surface area contributed by atoms with Gasteiger partial charge in [0.2, 0.25) is 0 Å². The van der Waals surface area contributed by atoms with Crippen molar-refractivity contribution in [2.75, 3.05) is 19.8 Å². The molecule has 0 aliphatic carbocycles. The first-order valence-corrected chi connectivity index (χ1v) is 6.60. The van der Waals surface area contributed by atoms with Crippen molar-refractivity contribution >= 4 is 0 Å². The quantitative estimate of drug-likeness (QED) is 0.785. The van der Waals surface area contributed by atoms with E-state index in [4.69, 9.17) is 4.74 Å². The minimum Gasteiger partial charge on any atom is -0.381 e. The summed E-state index contributed by atoms with van der Waals surface area (Å²) in [4.78, 5) is 0. The van der Waals surface area contributed by atoms with Crippen molar-refractivity contribution in [2.24, 2.45) is 11.8 Å². The summed E-state index contributed by atoms with van der Waals surface area (Å²) in [6.45, 7) is 2.36. The summed E-state index contributed by atoms with van der Waals surface area (Å²) >= 11 is 0. The number of alkyl halides is 6. The Morgan fingerprint density at radius 3 is 1.95 bits per heavy atom. The van der Waals surface area contributed by atoms with E-state index in [1.54, 1.807) is 0 Å². The van der Waals surface area contributed by atoms with E-state index < -0.39 is 24.3 Å². The van der Waals surface area contributed by atoms with E-state index >= 15 is 0 Å². The van der Waals surface area contributed by atoms with Gasteiger partial charge in [-0.1, -0.05) is 6.92 Å². The molecule has 0 saturated carbocycles. The van der Waals surface area contributed by atoms with Crippen LogP contribution in [0.1, 0.15) is 26.2 Å². The molecule has 0 amide bonds. The van der Waals surface area contributed by atoms with Crippen molar-refractivity contribution in [1.29, 1.82) is 0 Å². The van der Waals surface area contributed by atoms with Crippen LogP contribution in [0.2, 0.25) is 0 Å². The van der Waals surface area contributed by atoms with E-state index in [1.165, 1.54) is 6.92 Å². The van der Waals surface area contributed by atoms with Crippen molar-refractivity contribution in [3.63, 3.8) is 0 Å². The molecule has 1 fully saturated rings. The predicted molar refractivity (Wildman–Crippen MR) is 61.2 cm³/mol. The first-order valence-electron chi connectivity index (χ1n) is 6.60. The average Bonchev–Trinajstić information content (AvgIpc) is 2.26. The minimum atomic E-state index is -5.30. The third kappa shape index (κ3) is 5.12. The monoisotopic (exact) mass is 307 g/mol. The standard InChI is InChI=1S/C12H19F6NO/c1-2-19-9(7-8-3-5-20-6-4-8)10(11(13,14)15)12(16,17)18/h8-10,19H,2-7H2,1H3. The van der Waals surface area contributed by atoms with Gasteiger partial charge in [-0.3, -0.25) is 0 Å². The number of hydrogen-bond acceptors (Lipinski definition) is 2. The van der Waals surface area contributed by atoms with Crippen LogP contribution in [-0.2, 0) is 4.74 Å². The fourth-order valence-electron chi connectivity index (χ4n) is 2.58. The SMILES string of the molecule is CCNC(CC1CCOCC1)C(C(F)(F)F)C(F)(F)F. The lowest BCUT2D eigenvalue weighted by molar-refractivity contribution is -0.292. The van der Waals surface area contributed by atoms with Gasteiger partial charge >= 0.3 is 12.4 Å². The zero-order valence-electron chi connectivity index (χ0n) is 11.2. The maximum absolute atomic E-state index is 12.8. The molecule has 0 bridgehead atoms. The Balaban J connectivity index is 2.84. The fourth-order valence-corrected chi connectivity index (χ4v) is 2.58. The predicted octanol–water partition coefficient (Wildman–Crippen LogP) is 3.52. The van der Waals surface area contributed by atoms with E-state index in [-0.39, 0.29) is 18.9 Å². The number of halogens is 6. The molecule has 1 atom stereocenters. The summed E-state index contributed by atoms with van der Waals surface area (Å²) in [6, 6.07) is -1.64. The highest BCUT2D eigenvalue weighted by Crippen LogP contribution is 2.43. The Morgan fingerprint density at radius 2 is 1.55 bits per heavy atom. The van der Waals surface area contributed by atoms with Crippen molar-refractivity contribution in [3.05, 3.63) is 0 Å². The lowest BCUT2D eigenvalue weighted by Crippen LogP contribution is -2.51. The zero-order chi connectivity index (χ0) is 15.4. The van der Waals surface area contributed by atoms with Crippen LogP contribution < -0.4 is 5.32 Å². The second-order valence-corrected chi connectivity index (χ2v) is 5.02. The van der Waals surface area contributed by atoms with Gasteiger partial charge in [0.15, 0.2) is 5.92 Å². The molecule has 0 aromatic heterocycles. The highest BCUT2D eigenvalue weighted by Gasteiger charge is 2.60. The molecule has 1 aliphatic rings. The Kier molecular flexibility index (Phi) is 6.12. The van der Waals surface area contributed by atoms with Gasteiger partial charge in [-0.25, -0.2) is 0 Å². The third-order valence-corrected chi connectivity index (χ3v) is 3.50. The molecular formula is C12H19F6NO. The van der Waals surface area contributed by atoms with Crippen LogP contribution in [-0.4, -0.2) is 38.2 Å². The molecule has 0 aromatic rings. The van der Waals surface area contributed by atoms with Crippen molar-refractivity contribution in [2.45, 2.75) is 44.6 Å². The maximum Gasteiger partial charge on any atom is 0.401 e. The number of nitrogens with one attached hydrogen (secondary N) is 1. The topological polar surface area (TPSA) is 21.3 Å². The van der Waals surface area contributed by atoms with Crippen LogP contribution in [0, 0.1) is 11.8 Å². The van der Waals surface area contributed by atoms with Gasteiger partial charge < -0.3 is 10.1 Å². The molecule has 2 nitrogen and oxygen atoms in total. The van der Waals surface area contributed by atoms with Gasteiger partial charge in [-0.2, -0.15) is 26.3 Å². The minimum absolute atomic E-state index is 0.0660. The summed E-state index contributed by atoms with van der Waals surface area (Å²) in [5.41, 5.74) is 0. The normalized spacial score (nSPS) is 20.4. The molecule has 0 radical (unpaired) electrons. The molecule has 1 unspecified atom stereocenters. The van der Waals surface area contributed by atoms with E-state index in [0.717, 1.165) is 0 Å². The van der Waals surface area contributed by atoms with E-state index in [2.05, 4.69) is 5.32 Å². The zero-order valence-corrected chi connectivity index (χ0v) is 11.2. The Morgan fingerprint density at radius 1 is 1.05 bits per heavy atom. The Hall–Kier alpha value is -0.500. The second kappa shape index (κ2) is 6.98. The fraction of sp³-hybridized carbons (Fsp3) is 1.00. The molecule has 0 aromatic carbocycles. The molecule has 0 spiro atoms. The van der Waals surface area contributed by atoms with Gasteiger partial charge in [-0.15, -0.1) is 0 Å². The van der Waals surface area contributed by atoms with E-state index in [1.807, 2.05) is 0 Å². The van der Waals surface area contributed by atoms with Gasteiger partial charge in [0.25, 0.3) is 0 Å². The van der Waals surface area contributed by atoms with Gasteiger partial charge in [0.05, 0.1) is 0 Å². The first-order chi connectivity index (χ1) is 9.16. The van der Waals surface area contributed by atoms with E-state index in [9.17, 15) is 26.3 Å². The number of ether oxygens (including phenoxy) is 1. The van der Waals surface area contributed by atoms with Gasteiger partial charge in [-0.05, 0) is 31.7 Å². The smallest absolute Gasteiger partial charge is 0.381 e. The Labute approximate surface area is 113 Å². The average molecular weight is 307 g/mol. The van der Waals surface area contributed by atoms with Crippen LogP contribution in [0.3, 0.4) is 0 Å². The molecule has 1 aliphatic heterocycles. The van der Waals surface area contributed by atoms with Crippen LogP contribution in [0.5, 0.6) is 0 Å². The van der Waals surface area contributed by atoms with Crippen molar-refractivity contribution < 1.29 is 31.1 Å². The summed E-state index contributed by atoms with van der Waals surface area (Å²) in [5.74, 6) is -3.49. The van der Waals surface area contributed by atoms with Gasteiger partial charge in [0, 0.05) is 19.3 Å². The van der Waals surface area contributed by atoms with Crippen LogP contribution in [0.25, 0.3) is 0 Å². The highest BCUT2D eigenvalue weighted by atomic mass is 19.4. The lowest BCUT2D eigenvalue weighted by Gasteiger charge is -2.34. The second-order valence-electron chi connectivity index (χ2n) is 5.02. The molecule has 120 valence electrons. The Bertz CT molecular complexity index is 271. The summed E-state index contributed by atoms with van der Waals surface area (Å²) < 4.78 is 81.6. The molecule has 1 N–H and O–H groups in total. The third-order valence-electron chi connectivity index (χ3n) is 3.50. The first kappa shape index (κ1) is 17.6. The van der Waals surface area contributed by atoms with Crippen LogP contribution >= 0.6 is 0 Å². The largest absolute Gasteiger partial charge is 0.401 e. The van der Waals surface area contributed by atoms with Crippen molar-refractivity contribution in [3.8, 4) is 0 Å². The molecule has 20 heavy (non-hydrogen) atoms. The molecular weight excluding hydrogens is 288 g/mol. The maximum atomic E-state index is 12.8. The lowest BCUT2D eigenvalue weighted by atomic mass is 9.85. The van der Waals surface area contributed by atoms with Crippen LogP contribution in [0.15, 0.2) is 0 Å². The molecule has 8 heteroatoms. The number of rotatable bonds is 5. The number of hydrogen-bond donors (Lipinski definition) is 1. The molecule has 1 heterocycles. The molecule has 1 saturated heterocycles. The van der Waals surface area contributed by atoms with Gasteiger partial charge in [0.1, 0.15) is 0 Å². The summed E-state index contributed by atoms with van der Waals surface area (Å²) in [5, 5.41) is 2.36. The van der Waals surface area contributed by atoms with Crippen molar-refractivity contribution in [1.82, 2.24) is 5.32 Å². The molecule has 1 rings (SSSR count).